The van der Waals surface area contributed by atoms with Crippen molar-refractivity contribution < 1.29 is 4.79 Å². The molecule has 4 heteroatoms. The lowest BCUT2D eigenvalue weighted by atomic mass is 10.3. The van der Waals surface area contributed by atoms with E-state index in [1.54, 1.807) is 7.05 Å². The first-order chi connectivity index (χ1) is 5.06. The minimum atomic E-state index is 0.0480. The van der Waals surface area contributed by atoms with E-state index in [1.807, 2.05) is 19.0 Å². The molecule has 0 aromatic heterocycles. The van der Waals surface area contributed by atoms with Gasteiger partial charge in [-0.05, 0) is 14.1 Å². The van der Waals surface area contributed by atoms with Crippen molar-refractivity contribution in [2.24, 2.45) is 0 Å². The van der Waals surface area contributed by atoms with Gasteiger partial charge in [0.2, 0.25) is 5.91 Å². The van der Waals surface area contributed by atoms with Crippen molar-refractivity contribution in [3.05, 3.63) is 0 Å². The Hall–Kier alpha value is -0.220. The lowest BCUT2D eigenvalue weighted by Gasteiger charge is -2.14. The summed E-state index contributed by atoms with van der Waals surface area (Å²) in [5.41, 5.74) is 0. The van der Waals surface area contributed by atoms with E-state index in [9.17, 15) is 4.79 Å². The number of nitrogens with one attached hydrogen (secondary N) is 1. The van der Waals surface area contributed by atoms with E-state index in [-0.39, 0.29) is 11.2 Å². The van der Waals surface area contributed by atoms with Crippen LogP contribution >= 0.6 is 12.6 Å². The van der Waals surface area contributed by atoms with Gasteiger partial charge in [-0.2, -0.15) is 12.6 Å². The Balaban J connectivity index is 3.51. The molecule has 0 aliphatic rings. The van der Waals surface area contributed by atoms with Crippen molar-refractivity contribution in [1.29, 1.82) is 0 Å². The molecule has 1 N–H and O–H groups in total. The third kappa shape index (κ3) is 6.19. The fourth-order valence-corrected chi connectivity index (χ4v) is 1.29. The Labute approximate surface area is 73.6 Å². The molecule has 0 saturated carbocycles. The minimum Gasteiger partial charge on any atom is -0.359 e. The van der Waals surface area contributed by atoms with Crippen molar-refractivity contribution in [1.82, 2.24) is 10.2 Å². The maximum absolute atomic E-state index is 10.8. The van der Waals surface area contributed by atoms with Gasteiger partial charge in [-0.15, -0.1) is 0 Å². The highest BCUT2D eigenvalue weighted by molar-refractivity contribution is 7.81. The highest BCUT2D eigenvalue weighted by atomic mass is 32.1. The lowest BCUT2D eigenvalue weighted by Crippen LogP contribution is -2.28. The number of carbonyl (C=O) groups excluding carboxylic acids is 1. The molecule has 1 atom stereocenters. The predicted molar refractivity (Wildman–Crippen MR) is 50.0 cm³/mol. The third-order valence-corrected chi connectivity index (χ3v) is 1.62. The second-order valence-corrected chi connectivity index (χ2v) is 3.52. The average molecular weight is 176 g/mol. The molecule has 3 nitrogen and oxygen atoms in total. The molecule has 0 radical (unpaired) electrons. The molecule has 0 rings (SSSR count). The molecule has 0 aliphatic heterocycles. The molecule has 0 aliphatic carbocycles. The summed E-state index contributed by atoms with van der Waals surface area (Å²) < 4.78 is 0. The van der Waals surface area contributed by atoms with E-state index in [2.05, 4.69) is 17.9 Å². The molecule has 0 fully saturated rings. The Morgan fingerprint density at radius 1 is 1.64 bits per heavy atom. The predicted octanol–water partition coefficient (Wildman–Crippen LogP) is -0.0175. The zero-order valence-electron chi connectivity index (χ0n) is 7.29. The van der Waals surface area contributed by atoms with Gasteiger partial charge < -0.3 is 10.2 Å². The maximum atomic E-state index is 10.8. The molecule has 1 amide bonds. The summed E-state index contributed by atoms with van der Waals surface area (Å²) >= 11 is 4.26. The summed E-state index contributed by atoms with van der Waals surface area (Å²) in [6.45, 7) is 0.830. The van der Waals surface area contributed by atoms with Crippen LogP contribution in [0, 0.1) is 0 Å². The summed E-state index contributed by atoms with van der Waals surface area (Å²) in [7, 11) is 5.57. The fraction of sp³-hybridized carbons (Fsp3) is 0.857. The summed E-state index contributed by atoms with van der Waals surface area (Å²) in [6.07, 6.45) is 0.484. The van der Waals surface area contributed by atoms with Crippen LogP contribution in [-0.2, 0) is 4.79 Å². The Morgan fingerprint density at radius 2 is 2.18 bits per heavy atom. The second kappa shape index (κ2) is 5.43. The Kier molecular flexibility index (Phi) is 5.32. The molecule has 0 saturated heterocycles. The van der Waals surface area contributed by atoms with Gasteiger partial charge in [0.1, 0.15) is 0 Å². The maximum Gasteiger partial charge on any atom is 0.220 e. The number of hydrogen-bond donors (Lipinski definition) is 2. The monoisotopic (exact) mass is 176 g/mol. The number of carbonyl (C=O) groups is 1. The number of thiol groups is 1. The summed E-state index contributed by atoms with van der Waals surface area (Å²) in [4.78, 5) is 12.8. The van der Waals surface area contributed by atoms with Crippen LogP contribution in [0.1, 0.15) is 6.42 Å². The normalized spacial score (nSPS) is 13.2. The molecule has 0 aromatic rings. The van der Waals surface area contributed by atoms with Crippen molar-refractivity contribution in [3.63, 3.8) is 0 Å². The molecule has 0 heterocycles. The van der Waals surface area contributed by atoms with Crippen LogP contribution in [0.5, 0.6) is 0 Å². The lowest BCUT2D eigenvalue weighted by molar-refractivity contribution is -0.120. The van der Waals surface area contributed by atoms with Gasteiger partial charge in [0.25, 0.3) is 0 Å². The Bertz CT molecular complexity index is 128. The van der Waals surface area contributed by atoms with Gasteiger partial charge in [-0.3, -0.25) is 4.79 Å². The summed E-state index contributed by atoms with van der Waals surface area (Å²) in [5, 5.41) is 2.69. The van der Waals surface area contributed by atoms with E-state index in [0.717, 1.165) is 6.54 Å². The smallest absolute Gasteiger partial charge is 0.220 e. The largest absolute Gasteiger partial charge is 0.359 e. The third-order valence-electron chi connectivity index (χ3n) is 1.28. The zero-order chi connectivity index (χ0) is 8.85. The van der Waals surface area contributed by atoms with Gasteiger partial charge in [-0.25, -0.2) is 0 Å². The highest BCUT2D eigenvalue weighted by Gasteiger charge is 2.08. The van der Waals surface area contributed by atoms with Gasteiger partial charge in [-0.1, -0.05) is 0 Å². The van der Waals surface area contributed by atoms with Crippen LogP contribution in [0.25, 0.3) is 0 Å². The average Bonchev–Trinajstić information content (AvgIpc) is 1.85. The van der Waals surface area contributed by atoms with Gasteiger partial charge in [0, 0.05) is 25.3 Å². The fourth-order valence-electron chi connectivity index (χ4n) is 0.802. The molecule has 0 bridgehead atoms. The van der Waals surface area contributed by atoms with E-state index >= 15 is 0 Å². The zero-order valence-corrected chi connectivity index (χ0v) is 8.19. The van der Waals surface area contributed by atoms with Crippen LogP contribution in [0.2, 0.25) is 0 Å². The SMILES string of the molecule is CNC(=O)CC(S)CN(C)C. The van der Waals surface area contributed by atoms with Crippen LogP contribution in [0.4, 0.5) is 0 Å². The van der Waals surface area contributed by atoms with Crippen molar-refractivity contribution in [3.8, 4) is 0 Å². The van der Waals surface area contributed by atoms with E-state index in [4.69, 9.17) is 0 Å². The van der Waals surface area contributed by atoms with Gasteiger partial charge in [0.05, 0.1) is 0 Å². The van der Waals surface area contributed by atoms with Crippen LogP contribution in [-0.4, -0.2) is 43.7 Å². The molecular formula is C7H16N2OS. The first-order valence-corrected chi connectivity index (χ1v) is 4.11. The highest BCUT2D eigenvalue weighted by Crippen LogP contribution is 2.01. The quantitative estimate of drug-likeness (QED) is 0.590. The van der Waals surface area contributed by atoms with Crippen LogP contribution in [0.15, 0.2) is 0 Å². The van der Waals surface area contributed by atoms with Gasteiger partial charge in [0.15, 0.2) is 0 Å². The first kappa shape index (κ1) is 10.8. The number of nitrogens with zero attached hydrogens (tertiary/aromatic N) is 1. The van der Waals surface area contributed by atoms with E-state index in [1.165, 1.54) is 0 Å². The topological polar surface area (TPSA) is 32.3 Å². The van der Waals surface area contributed by atoms with Crippen molar-refractivity contribution >= 4 is 18.5 Å². The molecular weight excluding hydrogens is 160 g/mol. The molecule has 1 unspecified atom stereocenters. The van der Waals surface area contributed by atoms with E-state index < -0.39 is 0 Å². The first-order valence-electron chi connectivity index (χ1n) is 3.59. The summed E-state index contributed by atoms with van der Waals surface area (Å²) in [6, 6.07) is 0. The molecule has 0 spiro atoms. The number of amides is 1. The van der Waals surface area contributed by atoms with Gasteiger partial charge >= 0.3 is 0 Å². The van der Waals surface area contributed by atoms with Crippen LogP contribution < -0.4 is 5.32 Å². The molecule has 0 aromatic carbocycles. The Morgan fingerprint density at radius 3 is 2.55 bits per heavy atom. The second-order valence-electron chi connectivity index (χ2n) is 2.79. The van der Waals surface area contributed by atoms with Crippen molar-refractivity contribution in [2.45, 2.75) is 11.7 Å². The number of hydrogen-bond acceptors (Lipinski definition) is 3. The minimum absolute atomic E-state index is 0.0480. The van der Waals surface area contributed by atoms with Crippen LogP contribution in [0.3, 0.4) is 0 Å². The van der Waals surface area contributed by atoms with Crippen molar-refractivity contribution in [2.75, 3.05) is 27.7 Å². The van der Waals surface area contributed by atoms with E-state index in [0.29, 0.717) is 6.42 Å². The standard InChI is InChI=1S/C7H16N2OS/c1-8-7(10)4-6(11)5-9(2)3/h6,11H,4-5H2,1-3H3,(H,8,10). The molecule has 66 valence electrons. The number of rotatable bonds is 4. The summed E-state index contributed by atoms with van der Waals surface area (Å²) in [5.74, 6) is 0.0480. The molecule has 11 heavy (non-hydrogen) atoms.